The van der Waals surface area contributed by atoms with E-state index in [1.54, 1.807) is 18.2 Å². The molecule has 0 bridgehead atoms. The van der Waals surface area contributed by atoms with Crippen LogP contribution in [-0.2, 0) is 6.54 Å². The lowest BCUT2D eigenvalue weighted by molar-refractivity contribution is 0.0539. The molecule has 1 aromatic heterocycles. The summed E-state index contributed by atoms with van der Waals surface area (Å²) in [6.07, 6.45) is 2.45. The van der Waals surface area contributed by atoms with Gasteiger partial charge in [0.25, 0.3) is 5.56 Å². The van der Waals surface area contributed by atoms with Gasteiger partial charge in [0.2, 0.25) is 0 Å². The van der Waals surface area contributed by atoms with Crippen LogP contribution in [0.2, 0.25) is 0 Å². The van der Waals surface area contributed by atoms with E-state index in [9.17, 15) is 15.0 Å². The van der Waals surface area contributed by atoms with Gasteiger partial charge in [-0.2, -0.15) is 0 Å². The SMILES string of the molecule is O=c1c2ccccc2ncn1C[C@H](O)C[C@H]1NCCC[C@@H]1O. The van der Waals surface area contributed by atoms with Gasteiger partial charge in [0.15, 0.2) is 0 Å². The molecule has 3 rings (SSSR count). The van der Waals surface area contributed by atoms with Gasteiger partial charge < -0.3 is 15.5 Å². The summed E-state index contributed by atoms with van der Waals surface area (Å²) in [6.45, 7) is 1.04. The Hall–Kier alpha value is -1.76. The molecule has 0 radical (unpaired) electrons. The van der Waals surface area contributed by atoms with Crippen molar-refractivity contribution in [2.75, 3.05) is 6.54 Å². The molecular formula is C16H21N3O3. The second-order valence-electron chi connectivity index (χ2n) is 5.88. The van der Waals surface area contributed by atoms with Gasteiger partial charge in [0.05, 0.1) is 36.0 Å². The first-order valence-corrected chi connectivity index (χ1v) is 7.69. The third-order valence-corrected chi connectivity index (χ3v) is 4.21. The van der Waals surface area contributed by atoms with Crippen molar-refractivity contribution in [3.63, 3.8) is 0 Å². The van der Waals surface area contributed by atoms with Crippen LogP contribution in [0.15, 0.2) is 35.4 Å². The summed E-state index contributed by atoms with van der Waals surface area (Å²) in [5.41, 5.74) is 0.504. The molecule has 0 saturated carbocycles. The zero-order valence-corrected chi connectivity index (χ0v) is 12.4. The van der Waals surface area contributed by atoms with E-state index in [4.69, 9.17) is 0 Å². The van der Waals surface area contributed by atoms with Gasteiger partial charge in [-0.3, -0.25) is 9.36 Å². The standard InChI is InChI=1S/C16H21N3O3/c20-11(8-14-15(21)6-3-7-17-14)9-19-10-18-13-5-2-1-4-12(13)16(19)22/h1-2,4-5,10-11,14-15,17,20-21H,3,6-9H2/t11-,14-,15+/m1/s1. The van der Waals surface area contributed by atoms with Crippen molar-refractivity contribution in [3.05, 3.63) is 40.9 Å². The molecular weight excluding hydrogens is 282 g/mol. The van der Waals surface area contributed by atoms with E-state index in [0.29, 0.717) is 17.3 Å². The zero-order valence-electron chi connectivity index (χ0n) is 12.4. The maximum absolute atomic E-state index is 12.4. The summed E-state index contributed by atoms with van der Waals surface area (Å²) in [5, 5.41) is 23.9. The van der Waals surface area contributed by atoms with Crippen molar-refractivity contribution in [2.24, 2.45) is 0 Å². The highest BCUT2D eigenvalue weighted by molar-refractivity contribution is 5.76. The Balaban J connectivity index is 1.72. The summed E-state index contributed by atoms with van der Waals surface area (Å²) in [7, 11) is 0. The molecule has 1 aromatic carbocycles. The molecule has 2 heterocycles. The molecule has 0 unspecified atom stereocenters. The number of nitrogens with zero attached hydrogens (tertiary/aromatic N) is 2. The molecule has 1 fully saturated rings. The number of benzene rings is 1. The van der Waals surface area contributed by atoms with Crippen molar-refractivity contribution < 1.29 is 10.2 Å². The molecule has 1 aliphatic heterocycles. The third-order valence-electron chi connectivity index (χ3n) is 4.21. The molecule has 6 nitrogen and oxygen atoms in total. The van der Waals surface area contributed by atoms with E-state index in [0.717, 1.165) is 19.4 Å². The fraction of sp³-hybridized carbons (Fsp3) is 0.500. The zero-order chi connectivity index (χ0) is 15.5. The lowest BCUT2D eigenvalue weighted by Crippen LogP contribution is -2.47. The highest BCUT2D eigenvalue weighted by Crippen LogP contribution is 2.14. The van der Waals surface area contributed by atoms with Crippen molar-refractivity contribution in [1.82, 2.24) is 14.9 Å². The van der Waals surface area contributed by atoms with E-state index in [2.05, 4.69) is 10.3 Å². The molecule has 3 N–H and O–H groups in total. The van der Waals surface area contributed by atoms with Crippen LogP contribution in [-0.4, -0.2) is 44.6 Å². The fourth-order valence-corrected chi connectivity index (χ4v) is 3.01. The predicted octanol–water partition coefficient (Wildman–Crippen LogP) is 0.260. The summed E-state index contributed by atoms with van der Waals surface area (Å²) in [6, 6.07) is 7.05. The minimum atomic E-state index is -0.703. The lowest BCUT2D eigenvalue weighted by Gasteiger charge is -2.30. The van der Waals surface area contributed by atoms with Crippen molar-refractivity contribution in [2.45, 2.75) is 44.1 Å². The van der Waals surface area contributed by atoms with Crippen LogP contribution in [0, 0.1) is 0 Å². The van der Waals surface area contributed by atoms with Gasteiger partial charge in [0, 0.05) is 6.04 Å². The molecule has 1 saturated heterocycles. The smallest absolute Gasteiger partial charge is 0.261 e. The topological polar surface area (TPSA) is 87.4 Å². The van der Waals surface area contributed by atoms with Crippen LogP contribution in [0.1, 0.15) is 19.3 Å². The first-order valence-electron chi connectivity index (χ1n) is 7.69. The quantitative estimate of drug-likeness (QED) is 0.754. The maximum atomic E-state index is 12.4. The molecule has 0 amide bonds. The first-order chi connectivity index (χ1) is 10.6. The van der Waals surface area contributed by atoms with Gasteiger partial charge >= 0.3 is 0 Å². The van der Waals surface area contributed by atoms with Gasteiger partial charge in [0.1, 0.15) is 0 Å². The van der Waals surface area contributed by atoms with Crippen LogP contribution in [0.4, 0.5) is 0 Å². The average Bonchev–Trinajstić information content (AvgIpc) is 2.53. The molecule has 1 aliphatic rings. The Morgan fingerprint density at radius 2 is 2.23 bits per heavy atom. The van der Waals surface area contributed by atoms with Gasteiger partial charge in [-0.25, -0.2) is 4.98 Å². The van der Waals surface area contributed by atoms with Gasteiger partial charge in [-0.15, -0.1) is 0 Å². The second kappa shape index (κ2) is 6.56. The molecule has 6 heteroatoms. The van der Waals surface area contributed by atoms with E-state index >= 15 is 0 Å². The van der Waals surface area contributed by atoms with Crippen LogP contribution in [0.5, 0.6) is 0 Å². The summed E-state index contributed by atoms with van der Waals surface area (Å²) in [5.74, 6) is 0. The minimum absolute atomic E-state index is 0.118. The molecule has 3 atom stereocenters. The summed E-state index contributed by atoms with van der Waals surface area (Å²) >= 11 is 0. The second-order valence-corrected chi connectivity index (χ2v) is 5.88. The molecule has 0 spiro atoms. The number of hydrogen-bond acceptors (Lipinski definition) is 5. The van der Waals surface area contributed by atoms with Gasteiger partial charge in [-0.1, -0.05) is 12.1 Å². The summed E-state index contributed by atoms with van der Waals surface area (Å²) < 4.78 is 1.43. The Morgan fingerprint density at radius 3 is 3.05 bits per heavy atom. The van der Waals surface area contributed by atoms with Crippen molar-refractivity contribution in [1.29, 1.82) is 0 Å². The number of aromatic nitrogens is 2. The summed E-state index contributed by atoms with van der Waals surface area (Å²) in [4.78, 5) is 16.6. The molecule has 0 aliphatic carbocycles. The molecule has 118 valence electrons. The van der Waals surface area contributed by atoms with E-state index in [-0.39, 0.29) is 18.1 Å². The average molecular weight is 303 g/mol. The number of fused-ring (bicyclic) bond motifs is 1. The number of rotatable bonds is 4. The molecule has 22 heavy (non-hydrogen) atoms. The van der Waals surface area contributed by atoms with Crippen LogP contribution >= 0.6 is 0 Å². The fourth-order valence-electron chi connectivity index (χ4n) is 3.01. The number of aliphatic hydroxyl groups is 2. The Kier molecular flexibility index (Phi) is 4.52. The number of piperidine rings is 1. The lowest BCUT2D eigenvalue weighted by atomic mass is 9.96. The maximum Gasteiger partial charge on any atom is 0.261 e. The van der Waals surface area contributed by atoms with Gasteiger partial charge in [-0.05, 0) is 37.9 Å². The van der Waals surface area contributed by atoms with Crippen molar-refractivity contribution in [3.8, 4) is 0 Å². The van der Waals surface area contributed by atoms with E-state index < -0.39 is 12.2 Å². The van der Waals surface area contributed by atoms with Crippen LogP contribution in [0.3, 0.4) is 0 Å². The Labute approximate surface area is 128 Å². The number of aliphatic hydroxyl groups excluding tert-OH is 2. The Bertz CT molecular complexity index is 700. The van der Waals surface area contributed by atoms with Crippen LogP contribution < -0.4 is 10.9 Å². The van der Waals surface area contributed by atoms with E-state index in [1.165, 1.54) is 10.9 Å². The highest BCUT2D eigenvalue weighted by atomic mass is 16.3. The normalized spacial score (nSPS) is 23.5. The monoisotopic (exact) mass is 303 g/mol. The Morgan fingerprint density at radius 1 is 1.41 bits per heavy atom. The first kappa shape index (κ1) is 15.1. The predicted molar refractivity (Wildman–Crippen MR) is 83.7 cm³/mol. The number of para-hydroxylation sites is 1. The number of hydrogen-bond donors (Lipinski definition) is 3. The van der Waals surface area contributed by atoms with E-state index in [1.807, 2.05) is 6.07 Å². The molecule has 2 aromatic rings. The number of nitrogens with one attached hydrogen (secondary N) is 1. The van der Waals surface area contributed by atoms with Crippen LogP contribution in [0.25, 0.3) is 10.9 Å². The third kappa shape index (κ3) is 3.19. The minimum Gasteiger partial charge on any atom is -0.392 e. The largest absolute Gasteiger partial charge is 0.392 e. The highest BCUT2D eigenvalue weighted by Gasteiger charge is 2.25. The van der Waals surface area contributed by atoms with Crippen molar-refractivity contribution >= 4 is 10.9 Å².